The first-order chi connectivity index (χ1) is 12.6. The third-order valence-electron chi connectivity index (χ3n) is 4.29. The number of rotatable bonds is 5. The Morgan fingerprint density at radius 1 is 1.15 bits per heavy atom. The lowest BCUT2D eigenvalue weighted by Gasteiger charge is -2.22. The van der Waals surface area contributed by atoms with Crippen molar-refractivity contribution in [1.82, 2.24) is 5.32 Å². The molecule has 0 bridgehead atoms. The number of benzene rings is 2. The van der Waals surface area contributed by atoms with Crippen molar-refractivity contribution >= 4 is 23.3 Å². The second-order valence-corrected chi connectivity index (χ2v) is 6.15. The molecule has 0 saturated heterocycles. The lowest BCUT2D eigenvalue weighted by atomic mass is 10.2. The molecule has 3 amide bonds. The van der Waals surface area contributed by atoms with Crippen molar-refractivity contribution in [2.24, 2.45) is 0 Å². The summed E-state index contributed by atoms with van der Waals surface area (Å²) in [5.74, 6) is 0.631. The molecule has 26 heavy (non-hydrogen) atoms. The van der Waals surface area contributed by atoms with Gasteiger partial charge in [-0.1, -0.05) is 18.2 Å². The summed E-state index contributed by atoms with van der Waals surface area (Å²) in [5.41, 5.74) is 2.72. The van der Waals surface area contributed by atoms with Gasteiger partial charge in [-0.3, -0.25) is 4.79 Å². The maximum absolute atomic E-state index is 12.7. The van der Waals surface area contributed by atoms with Crippen LogP contribution in [0.25, 0.3) is 0 Å². The number of nitrogens with zero attached hydrogens (tertiary/aromatic N) is 1. The topological polar surface area (TPSA) is 70.7 Å². The van der Waals surface area contributed by atoms with Crippen LogP contribution in [0.3, 0.4) is 0 Å². The van der Waals surface area contributed by atoms with E-state index < -0.39 is 12.1 Å². The average molecular weight is 353 g/mol. The van der Waals surface area contributed by atoms with Crippen molar-refractivity contribution < 1.29 is 14.3 Å². The largest absolute Gasteiger partial charge is 0.494 e. The van der Waals surface area contributed by atoms with Crippen LogP contribution < -0.4 is 20.3 Å². The molecular weight excluding hydrogens is 330 g/mol. The zero-order valence-electron chi connectivity index (χ0n) is 15.0. The van der Waals surface area contributed by atoms with Gasteiger partial charge in [0, 0.05) is 17.9 Å². The van der Waals surface area contributed by atoms with Gasteiger partial charge in [0.25, 0.3) is 0 Å². The fourth-order valence-electron chi connectivity index (χ4n) is 3.03. The fourth-order valence-corrected chi connectivity index (χ4v) is 3.03. The average Bonchev–Trinajstić information content (AvgIpc) is 3.07. The van der Waals surface area contributed by atoms with E-state index in [-0.39, 0.29) is 5.91 Å². The van der Waals surface area contributed by atoms with Crippen LogP contribution >= 0.6 is 0 Å². The number of nitrogens with one attached hydrogen (secondary N) is 2. The molecule has 0 spiro atoms. The van der Waals surface area contributed by atoms with Gasteiger partial charge in [-0.05, 0) is 56.2 Å². The Bertz CT molecular complexity index is 789. The first-order valence-electron chi connectivity index (χ1n) is 8.78. The second-order valence-electron chi connectivity index (χ2n) is 6.15. The minimum absolute atomic E-state index is 0.114. The normalized spacial score (nSPS) is 13.7. The van der Waals surface area contributed by atoms with Gasteiger partial charge in [-0.2, -0.15) is 0 Å². The Morgan fingerprint density at radius 3 is 2.62 bits per heavy atom. The lowest BCUT2D eigenvalue weighted by molar-refractivity contribution is -0.119. The highest BCUT2D eigenvalue weighted by molar-refractivity contribution is 6.01. The van der Waals surface area contributed by atoms with Gasteiger partial charge in [-0.25, -0.2) is 4.79 Å². The van der Waals surface area contributed by atoms with Crippen LogP contribution in [0.2, 0.25) is 0 Å². The fraction of sp³-hybridized carbons (Fsp3) is 0.300. The van der Waals surface area contributed by atoms with Crippen molar-refractivity contribution in [1.29, 1.82) is 0 Å². The molecule has 2 aromatic carbocycles. The van der Waals surface area contributed by atoms with E-state index in [0.717, 1.165) is 23.4 Å². The van der Waals surface area contributed by atoms with Gasteiger partial charge in [-0.15, -0.1) is 0 Å². The molecule has 0 radical (unpaired) electrons. The van der Waals surface area contributed by atoms with E-state index in [0.29, 0.717) is 18.8 Å². The third kappa shape index (κ3) is 3.96. The van der Waals surface area contributed by atoms with E-state index in [9.17, 15) is 9.59 Å². The van der Waals surface area contributed by atoms with Gasteiger partial charge < -0.3 is 20.3 Å². The number of carbonyl (C=O) groups excluding carboxylic acids is 2. The monoisotopic (exact) mass is 353 g/mol. The van der Waals surface area contributed by atoms with Crippen molar-refractivity contribution in [3.05, 3.63) is 54.1 Å². The van der Waals surface area contributed by atoms with Crippen LogP contribution in [0, 0.1) is 0 Å². The molecule has 0 saturated carbocycles. The summed E-state index contributed by atoms with van der Waals surface area (Å²) >= 11 is 0. The van der Waals surface area contributed by atoms with Crippen LogP contribution in [0.1, 0.15) is 19.4 Å². The van der Waals surface area contributed by atoms with Crippen LogP contribution in [0.15, 0.2) is 48.5 Å². The SMILES string of the molecule is CCOc1ccc(NC(=O)N[C@@H](C)C(=O)N2CCc3ccccc32)cc1. The minimum Gasteiger partial charge on any atom is -0.494 e. The second kappa shape index (κ2) is 7.91. The van der Waals surface area contributed by atoms with Gasteiger partial charge in [0.15, 0.2) is 0 Å². The number of anilines is 2. The minimum atomic E-state index is -0.621. The van der Waals surface area contributed by atoms with Gasteiger partial charge in [0.2, 0.25) is 5.91 Å². The van der Waals surface area contributed by atoms with Crippen molar-refractivity contribution in [3.63, 3.8) is 0 Å². The van der Waals surface area contributed by atoms with E-state index in [1.165, 1.54) is 0 Å². The zero-order valence-corrected chi connectivity index (χ0v) is 15.0. The molecular formula is C20H23N3O3. The summed E-state index contributed by atoms with van der Waals surface area (Å²) in [6.07, 6.45) is 0.840. The summed E-state index contributed by atoms with van der Waals surface area (Å²) in [6.45, 7) is 4.84. The molecule has 0 aliphatic carbocycles. The maximum Gasteiger partial charge on any atom is 0.319 e. The summed E-state index contributed by atoms with van der Waals surface area (Å²) < 4.78 is 5.37. The lowest BCUT2D eigenvalue weighted by Crippen LogP contribution is -2.47. The molecule has 0 fully saturated rings. The summed E-state index contributed by atoms with van der Waals surface area (Å²) in [7, 11) is 0. The van der Waals surface area contributed by atoms with Gasteiger partial charge in [0.1, 0.15) is 11.8 Å². The number of carbonyl (C=O) groups is 2. The Morgan fingerprint density at radius 2 is 1.88 bits per heavy atom. The Kier molecular flexibility index (Phi) is 5.41. The van der Waals surface area contributed by atoms with Crippen LogP contribution in [-0.2, 0) is 11.2 Å². The van der Waals surface area contributed by atoms with Crippen LogP contribution in [0.5, 0.6) is 5.75 Å². The molecule has 6 heteroatoms. The number of hydrogen-bond donors (Lipinski definition) is 2. The summed E-state index contributed by atoms with van der Waals surface area (Å²) in [5, 5.41) is 5.43. The molecule has 136 valence electrons. The van der Waals surface area contributed by atoms with Crippen molar-refractivity contribution in [3.8, 4) is 5.75 Å². The Balaban J connectivity index is 1.56. The molecule has 3 rings (SSSR count). The molecule has 0 aromatic heterocycles. The van der Waals surface area contributed by atoms with E-state index >= 15 is 0 Å². The number of fused-ring (bicyclic) bond motifs is 1. The number of urea groups is 1. The van der Waals surface area contributed by atoms with Crippen LogP contribution in [-0.4, -0.2) is 31.1 Å². The third-order valence-corrected chi connectivity index (χ3v) is 4.29. The zero-order chi connectivity index (χ0) is 18.5. The molecule has 2 N–H and O–H groups in total. The smallest absolute Gasteiger partial charge is 0.319 e. The van der Waals surface area contributed by atoms with E-state index in [2.05, 4.69) is 10.6 Å². The number of hydrogen-bond acceptors (Lipinski definition) is 3. The van der Waals surface area contributed by atoms with Crippen molar-refractivity contribution in [2.75, 3.05) is 23.4 Å². The first-order valence-corrected chi connectivity index (χ1v) is 8.78. The Hall–Kier alpha value is -3.02. The highest BCUT2D eigenvalue weighted by Crippen LogP contribution is 2.27. The van der Waals surface area contributed by atoms with Crippen molar-refractivity contribution in [2.45, 2.75) is 26.3 Å². The number of ether oxygens (including phenoxy) is 1. The molecule has 6 nitrogen and oxygen atoms in total. The number of amides is 3. The first kappa shape index (κ1) is 17.8. The predicted octanol–water partition coefficient (Wildman–Crippen LogP) is 3.18. The van der Waals surface area contributed by atoms with Gasteiger partial charge in [0.05, 0.1) is 6.61 Å². The predicted molar refractivity (Wildman–Crippen MR) is 102 cm³/mol. The summed E-state index contributed by atoms with van der Waals surface area (Å²) in [6, 6.07) is 13.9. The molecule has 2 aromatic rings. The van der Waals surface area contributed by atoms with E-state index in [1.54, 1.807) is 36.1 Å². The quantitative estimate of drug-likeness (QED) is 0.867. The van der Waals surface area contributed by atoms with E-state index in [1.807, 2.05) is 31.2 Å². The standard InChI is InChI=1S/C20H23N3O3/c1-3-26-17-10-8-16(9-11-17)22-20(25)21-14(2)19(24)23-13-12-15-6-4-5-7-18(15)23/h4-11,14H,3,12-13H2,1-2H3,(H2,21,22,25)/t14-/m0/s1. The molecule has 1 atom stereocenters. The molecule has 1 aliphatic rings. The van der Waals surface area contributed by atoms with Crippen LogP contribution in [0.4, 0.5) is 16.2 Å². The molecule has 1 heterocycles. The highest BCUT2D eigenvalue weighted by Gasteiger charge is 2.28. The Labute approximate surface area is 153 Å². The summed E-state index contributed by atoms with van der Waals surface area (Å²) in [4.78, 5) is 26.6. The highest BCUT2D eigenvalue weighted by atomic mass is 16.5. The molecule has 0 unspecified atom stereocenters. The van der Waals surface area contributed by atoms with Gasteiger partial charge >= 0.3 is 6.03 Å². The van der Waals surface area contributed by atoms with E-state index in [4.69, 9.17) is 4.74 Å². The number of para-hydroxylation sites is 1. The molecule has 1 aliphatic heterocycles. The maximum atomic E-state index is 12.7.